The minimum Gasteiger partial charge on any atom is -0.493 e. The van der Waals surface area contributed by atoms with Crippen LogP contribution in [0.15, 0.2) is 30.6 Å². The van der Waals surface area contributed by atoms with Crippen LogP contribution in [0.25, 0.3) is 0 Å². The Kier molecular flexibility index (Phi) is 5.50. The number of likely N-dealkylation sites (tertiary alicyclic amines) is 1. The summed E-state index contributed by atoms with van der Waals surface area (Å²) in [4.78, 5) is 2.47. The summed E-state index contributed by atoms with van der Waals surface area (Å²) in [5.74, 6) is 2.33. The molecule has 2 aliphatic heterocycles. The summed E-state index contributed by atoms with van der Waals surface area (Å²) < 4.78 is 18.3. The minimum atomic E-state index is -0.450. The van der Waals surface area contributed by atoms with Gasteiger partial charge in [-0.05, 0) is 44.4 Å². The number of rotatable bonds is 8. The van der Waals surface area contributed by atoms with Crippen LogP contribution in [0, 0.1) is 0 Å². The largest absolute Gasteiger partial charge is 0.493 e. The third-order valence-electron chi connectivity index (χ3n) is 5.31. The molecule has 3 heterocycles. The van der Waals surface area contributed by atoms with Gasteiger partial charge >= 0.3 is 0 Å². The molecule has 2 unspecified atom stereocenters. The summed E-state index contributed by atoms with van der Waals surface area (Å²) in [6.45, 7) is 3.01. The van der Waals surface area contributed by atoms with Gasteiger partial charge in [0, 0.05) is 37.5 Å². The second-order valence-electron chi connectivity index (χ2n) is 7.25. The van der Waals surface area contributed by atoms with Crippen LogP contribution in [-0.4, -0.2) is 52.3 Å². The summed E-state index contributed by atoms with van der Waals surface area (Å²) >= 11 is 0. The SMILES string of the molecule is Cn1cc(C(O)CC2CCCN2CCCOc2ccc3c(c2)OCO3)cn1. The molecular weight excluding hydrogens is 346 g/mol. The number of aryl methyl sites for hydroxylation is 1. The van der Waals surface area contributed by atoms with Gasteiger partial charge in [-0.3, -0.25) is 4.68 Å². The Balaban J connectivity index is 1.22. The highest BCUT2D eigenvalue weighted by Gasteiger charge is 2.27. The lowest BCUT2D eigenvalue weighted by atomic mass is 10.0. The number of ether oxygens (including phenoxy) is 3. The smallest absolute Gasteiger partial charge is 0.231 e. The monoisotopic (exact) mass is 373 g/mol. The van der Waals surface area contributed by atoms with Crippen molar-refractivity contribution in [3.8, 4) is 17.2 Å². The molecule has 1 N–H and O–H groups in total. The van der Waals surface area contributed by atoms with Gasteiger partial charge in [-0.1, -0.05) is 0 Å². The quantitative estimate of drug-likeness (QED) is 0.717. The summed E-state index contributed by atoms with van der Waals surface area (Å²) in [5, 5.41) is 14.6. The molecular formula is C20H27N3O4. The van der Waals surface area contributed by atoms with E-state index in [0.29, 0.717) is 12.6 Å². The normalized spacial score (nSPS) is 20.1. The molecule has 2 aromatic rings. The first-order valence-corrected chi connectivity index (χ1v) is 9.62. The molecule has 1 aromatic heterocycles. The van der Waals surface area contributed by atoms with Gasteiger partial charge < -0.3 is 24.2 Å². The Morgan fingerprint density at radius 1 is 1.33 bits per heavy atom. The van der Waals surface area contributed by atoms with E-state index >= 15 is 0 Å². The van der Waals surface area contributed by atoms with Crippen LogP contribution in [-0.2, 0) is 7.05 Å². The van der Waals surface area contributed by atoms with E-state index in [0.717, 1.165) is 55.2 Å². The van der Waals surface area contributed by atoms with Gasteiger partial charge in [0.15, 0.2) is 11.5 Å². The number of nitrogens with zero attached hydrogens (tertiary/aromatic N) is 3. The average molecular weight is 373 g/mol. The summed E-state index contributed by atoms with van der Waals surface area (Å²) in [6, 6.07) is 6.10. The third kappa shape index (κ3) is 4.36. The first-order valence-electron chi connectivity index (χ1n) is 9.62. The minimum absolute atomic E-state index is 0.278. The van der Waals surface area contributed by atoms with Crippen LogP contribution in [0.1, 0.15) is 37.4 Å². The lowest BCUT2D eigenvalue weighted by Crippen LogP contribution is -2.32. The van der Waals surface area contributed by atoms with Gasteiger partial charge in [-0.15, -0.1) is 0 Å². The topological polar surface area (TPSA) is 69.0 Å². The van der Waals surface area contributed by atoms with E-state index in [4.69, 9.17) is 14.2 Å². The second kappa shape index (κ2) is 8.19. The van der Waals surface area contributed by atoms with Gasteiger partial charge in [0.25, 0.3) is 0 Å². The molecule has 7 nitrogen and oxygen atoms in total. The number of aromatic nitrogens is 2. The number of hydrogen-bond donors (Lipinski definition) is 1. The van der Waals surface area contributed by atoms with E-state index in [-0.39, 0.29) is 6.79 Å². The molecule has 0 saturated carbocycles. The van der Waals surface area contributed by atoms with Gasteiger partial charge in [-0.2, -0.15) is 5.10 Å². The highest BCUT2D eigenvalue weighted by atomic mass is 16.7. The Morgan fingerprint density at radius 3 is 3.07 bits per heavy atom. The fourth-order valence-corrected chi connectivity index (χ4v) is 3.89. The standard InChI is InChI=1S/C20H27N3O4/c1-22-13-15(12-21-22)18(24)10-16-4-2-7-23(16)8-3-9-25-17-5-6-19-20(11-17)27-14-26-19/h5-6,11-13,16,18,24H,2-4,7-10,14H2,1H3. The molecule has 2 aliphatic rings. The Hall–Kier alpha value is -2.25. The van der Waals surface area contributed by atoms with Crippen LogP contribution in [0.4, 0.5) is 0 Å². The summed E-state index contributed by atoms with van der Waals surface area (Å²) in [7, 11) is 1.87. The lowest BCUT2D eigenvalue weighted by molar-refractivity contribution is 0.117. The van der Waals surface area contributed by atoms with Gasteiger partial charge in [-0.25, -0.2) is 0 Å². The van der Waals surface area contributed by atoms with Crippen molar-refractivity contribution < 1.29 is 19.3 Å². The molecule has 1 saturated heterocycles. The molecule has 146 valence electrons. The van der Waals surface area contributed by atoms with Crippen molar-refractivity contribution in [1.82, 2.24) is 14.7 Å². The molecule has 0 amide bonds. The molecule has 0 bridgehead atoms. The Labute approximate surface area is 159 Å². The third-order valence-corrected chi connectivity index (χ3v) is 5.31. The number of fused-ring (bicyclic) bond motifs is 1. The number of aliphatic hydroxyl groups excluding tert-OH is 1. The van der Waals surface area contributed by atoms with Crippen molar-refractivity contribution in [1.29, 1.82) is 0 Å². The maximum absolute atomic E-state index is 10.5. The number of hydrogen-bond acceptors (Lipinski definition) is 6. The van der Waals surface area contributed by atoms with E-state index in [1.807, 2.05) is 31.4 Å². The fourth-order valence-electron chi connectivity index (χ4n) is 3.89. The van der Waals surface area contributed by atoms with Gasteiger partial charge in [0.2, 0.25) is 6.79 Å². The van der Waals surface area contributed by atoms with Crippen LogP contribution < -0.4 is 14.2 Å². The van der Waals surface area contributed by atoms with Crippen LogP contribution >= 0.6 is 0 Å². The van der Waals surface area contributed by atoms with E-state index in [2.05, 4.69) is 10.00 Å². The summed E-state index contributed by atoms with van der Waals surface area (Å²) in [6.07, 6.45) is 7.23. The van der Waals surface area contributed by atoms with Crippen LogP contribution in [0.2, 0.25) is 0 Å². The maximum Gasteiger partial charge on any atom is 0.231 e. The molecule has 0 radical (unpaired) electrons. The molecule has 0 aliphatic carbocycles. The first-order chi connectivity index (χ1) is 13.2. The van der Waals surface area contributed by atoms with Gasteiger partial charge in [0.1, 0.15) is 5.75 Å². The van der Waals surface area contributed by atoms with Crippen molar-refractivity contribution in [2.75, 3.05) is 26.5 Å². The zero-order chi connectivity index (χ0) is 18.6. The fraction of sp³-hybridized carbons (Fsp3) is 0.550. The van der Waals surface area contributed by atoms with Crippen molar-refractivity contribution in [2.24, 2.45) is 7.05 Å². The highest BCUT2D eigenvalue weighted by molar-refractivity contribution is 5.46. The number of benzene rings is 1. The zero-order valence-corrected chi connectivity index (χ0v) is 15.7. The molecule has 1 aromatic carbocycles. The molecule has 2 atom stereocenters. The Bertz CT molecular complexity index is 763. The van der Waals surface area contributed by atoms with E-state index in [9.17, 15) is 5.11 Å². The molecule has 1 fully saturated rings. The van der Waals surface area contributed by atoms with E-state index in [1.54, 1.807) is 10.9 Å². The Morgan fingerprint density at radius 2 is 2.22 bits per heavy atom. The van der Waals surface area contributed by atoms with E-state index < -0.39 is 6.10 Å². The highest BCUT2D eigenvalue weighted by Crippen LogP contribution is 2.35. The van der Waals surface area contributed by atoms with Crippen LogP contribution in [0.3, 0.4) is 0 Å². The van der Waals surface area contributed by atoms with Crippen molar-refractivity contribution >= 4 is 0 Å². The average Bonchev–Trinajstić information content (AvgIpc) is 3.39. The zero-order valence-electron chi connectivity index (χ0n) is 15.7. The van der Waals surface area contributed by atoms with Crippen LogP contribution in [0.5, 0.6) is 17.2 Å². The van der Waals surface area contributed by atoms with Crippen molar-refractivity contribution in [2.45, 2.75) is 37.8 Å². The summed E-state index contributed by atoms with van der Waals surface area (Å²) in [5.41, 5.74) is 0.899. The number of aliphatic hydroxyl groups is 1. The van der Waals surface area contributed by atoms with E-state index in [1.165, 1.54) is 6.42 Å². The van der Waals surface area contributed by atoms with Crippen molar-refractivity contribution in [3.05, 3.63) is 36.2 Å². The van der Waals surface area contributed by atoms with Gasteiger partial charge in [0.05, 0.1) is 18.9 Å². The first kappa shape index (κ1) is 18.1. The second-order valence-corrected chi connectivity index (χ2v) is 7.25. The maximum atomic E-state index is 10.5. The molecule has 7 heteroatoms. The van der Waals surface area contributed by atoms with Crippen molar-refractivity contribution in [3.63, 3.8) is 0 Å². The molecule has 4 rings (SSSR count). The predicted octanol–water partition coefficient (Wildman–Crippen LogP) is 2.51. The molecule has 27 heavy (non-hydrogen) atoms. The lowest BCUT2D eigenvalue weighted by Gasteiger charge is -2.26. The predicted molar refractivity (Wildman–Crippen MR) is 100 cm³/mol. The molecule has 0 spiro atoms.